The van der Waals surface area contributed by atoms with E-state index in [0.717, 1.165) is 38.0 Å². The molecule has 136 valence electrons. The number of benzene rings is 2. The van der Waals surface area contributed by atoms with E-state index in [1.807, 2.05) is 35.7 Å². The van der Waals surface area contributed by atoms with Gasteiger partial charge in [-0.25, -0.2) is 14.4 Å². The molecule has 0 atom stereocenters. The van der Waals surface area contributed by atoms with E-state index < -0.39 is 0 Å². The molecule has 0 saturated carbocycles. The quantitative estimate of drug-likeness (QED) is 0.401. The molecule has 0 saturated heterocycles. The second-order valence-electron chi connectivity index (χ2n) is 6.32. The number of halogens is 1. The molecule has 0 unspecified atom stereocenters. The summed E-state index contributed by atoms with van der Waals surface area (Å²) in [7, 11) is 0. The summed E-state index contributed by atoms with van der Waals surface area (Å²) in [6, 6.07) is 16.0. The molecule has 0 bridgehead atoms. The van der Waals surface area contributed by atoms with E-state index in [4.69, 9.17) is 4.74 Å². The van der Waals surface area contributed by atoms with Gasteiger partial charge >= 0.3 is 0 Å². The van der Waals surface area contributed by atoms with Crippen LogP contribution >= 0.6 is 11.3 Å². The third kappa shape index (κ3) is 3.18. The van der Waals surface area contributed by atoms with Gasteiger partial charge < -0.3 is 4.74 Å². The minimum absolute atomic E-state index is 0.278. The summed E-state index contributed by atoms with van der Waals surface area (Å²) < 4.78 is 20.2. The average molecular weight is 387 g/mol. The fourth-order valence-electron chi connectivity index (χ4n) is 3.02. The molecule has 0 amide bonds. The van der Waals surface area contributed by atoms with E-state index in [0.29, 0.717) is 12.4 Å². The van der Waals surface area contributed by atoms with Crippen LogP contribution in [0.15, 0.2) is 72.4 Å². The summed E-state index contributed by atoms with van der Waals surface area (Å²) in [4.78, 5) is 13.4. The average Bonchev–Trinajstić information content (AvgIpc) is 3.15. The highest BCUT2D eigenvalue weighted by Gasteiger charge is 2.10. The van der Waals surface area contributed by atoms with E-state index in [1.54, 1.807) is 35.9 Å². The SMILES string of the molecule is Fc1ccc(-c2ncc3scc(COc4ccc5ncccc5c4)c3n2)cc1. The summed E-state index contributed by atoms with van der Waals surface area (Å²) in [5.41, 5.74) is 3.58. The molecule has 4 nitrogen and oxygen atoms in total. The first-order valence-corrected chi connectivity index (χ1v) is 9.61. The molecule has 6 heteroatoms. The first-order chi connectivity index (χ1) is 13.8. The lowest BCUT2D eigenvalue weighted by atomic mass is 10.2. The molecule has 5 aromatic rings. The molecule has 0 N–H and O–H groups in total. The fraction of sp³-hybridized carbons (Fsp3) is 0.0455. The van der Waals surface area contributed by atoms with E-state index in [9.17, 15) is 4.39 Å². The van der Waals surface area contributed by atoms with Crippen LogP contribution in [-0.2, 0) is 6.61 Å². The summed E-state index contributed by atoms with van der Waals surface area (Å²) in [6.45, 7) is 0.408. The molecule has 0 aliphatic carbocycles. The highest BCUT2D eigenvalue weighted by Crippen LogP contribution is 2.28. The van der Waals surface area contributed by atoms with Gasteiger partial charge in [0.2, 0.25) is 0 Å². The van der Waals surface area contributed by atoms with Crippen molar-refractivity contribution >= 4 is 32.5 Å². The predicted octanol–water partition coefficient (Wildman–Crippen LogP) is 5.62. The largest absolute Gasteiger partial charge is 0.489 e. The zero-order valence-corrected chi connectivity index (χ0v) is 15.5. The minimum Gasteiger partial charge on any atom is -0.489 e. The van der Waals surface area contributed by atoms with Gasteiger partial charge in [-0.15, -0.1) is 11.3 Å². The lowest BCUT2D eigenvalue weighted by molar-refractivity contribution is 0.308. The zero-order valence-electron chi connectivity index (χ0n) is 14.7. The molecule has 0 radical (unpaired) electrons. The van der Waals surface area contributed by atoms with Crippen molar-refractivity contribution in [3.8, 4) is 17.1 Å². The number of nitrogens with zero attached hydrogens (tertiary/aromatic N) is 3. The van der Waals surface area contributed by atoms with Crippen LogP contribution in [-0.4, -0.2) is 15.0 Å². The van der Waals surface area contributed by atoms with Gasteiger partial charge in [-0.05, 0) is 48.5 Å². The molecule has 5 rings (SSSR count). The van der Waals surface area contributed by atoms with Crippen molar-refractivity contribution in [2.45, 2.75) is 6.61 Å². The maximum absolute atomic E-state index is 13.2. The molecule has 0 fully saturated rings. The Morgan fingerprint density at radius 1 is 1.00 bits per heavy atom. The fourth-order valence-corrected chi connectivity index (χ4v) is 3.87. The number of hydrogen-bond acceptors (Lipinski definition) is 5. The molecule has 0 spiro atoms. The van der Waals surface area contributed by atoms with Crippen molar-refractivity contribution in [3.05, 3.63) is 83.8 Å². The van der Waals surface area contributed by atoms with Crippen LogP contribution in [0, 0.1) is 5.82 Å². The third-order valence-corrected chi connectivity index (χ3v) is 5.41. The van der Waals surface area contributed by atoms with Crippen LogP contribution in [0.3, 0.4) is 0 Å². The zero-order chi connectivity index (χ0) is 18.9. The topological polar surface area (TPSA) is 47.9 Å². The first kappa shape index (κ1) is 16.8. The number of pyridine rings is 1. The highest BCUT2D eigenvalue weighted by molar-refractivity contribution is 7.17. The van der Waals surface area contributed by atoms with Gasteiger partial charge in [0.1, 0.15) is 18.2 Å². The monoisotopic (exact) mass is 387 g/mol. The summed E-state index contributed by atoms with van der Waals surface area (Å²) in [5, 5.41) is 3.08. The Kier molecular flexibility index (Phi) is 4.18. The molecular weight excluding hydrogens is 373 g/mol. The first-order valence-electron chi connectivity index (χ1n) is 8.73. The standard InChI is InChI=1S/C22H14FN3OS/c23-17-5-3-14(4-6-17)22-25-11-20-21(26-22)16(13-28-20)12-27-18-7-8-19-15(10-18)2-1-9-24-19/h1-11,13H,12H2. The third-order valence-electron chi connectivity index (χ3n) is 4.46. The van der Waals surface area contributed by atoms with Crippen molar-refractivity contribution in [1.29, 1.82) is 0 Å². The second-order valence-corrected chi connectivity index (χ2v) is 7.23. The van der Waals surface area contributed by atoms with Gasteiger partial charge in [0.05, 0.1) is 15.7 Å². The highest BCUT2D eigenvalue weighted by atomic mass is 32.1. The van der Waals surface area contributed by atoms with Crippen LogP contribution in [0.5, 0.6) is 5.75 Å². The molecule has 3 heterocycles. The number of aromatic nitrogens is 3. The van der Waals surface area contributed by atoms with Crippen molar-refractivity contribution in [3.63, 3.8) is 0 Å². The Hall–Kier alpha value is -3.38. The number of rotatable bonds is 4. The van der Waals surface area contributed by atoms with E-state index in [-0.39, 0.29) is 5.82 Å². The van der Waals surface area contributed by atoms with Gasteiger partial charge in [-0.2, -0.15) is 0 Å². The van der Waals surface area contributed by atoms with E-state index in [2.05, 4.69) is 15.0 Å². The Bertz CT molecular complexity index is 1280. The van der Waals surface area contributed by atoms with Crippen LogP contribution in [0.25, 0.3) is 32.5 Å². The summed E-state index contributed by atoms with van der Waals surface area (Å²) >= 11 is 1.58. The second kappa shape index (κ2) is 6.98. The Labute approximate surface area is 164 Å². The Balaban J connectivity index is 1.43. The van der Waals surface area contributed by atoms with Gasteiger partial charge in [-0.1, -0.05) is 6.07 Å². The number of hydrogen-bond donors (Lipinski definition) is 0. The molecule has 28 heavy (non-hydrogen) atoms. The van der Waals surface area contributed by atoms with Crippen molar-refractivity contribution < 1.29 is 9.13 Å². The van der Waals surface area contributed by atoms with Gasteiger partial charge in [-0.3, -0.25) is 4.98 Å². The molecular formula is C22H14FN3OS. The van der Waals surface area contributed by atoms with Crippen LogP contribution < -0.4 is 4.74 Å². The maximum Gasteiger partial charge on any atom is 0.159 e. The number of ether oxygens (including phenoxy) is 1. The lowest BCUT2D eigenvalue weighted by Gasteiger charge is -2.07. The molecule has 3 aromatic heterocycles. The maximum atomic E-state index is 13.2. The Morgan fingerprint density at radius 2 is 1.89 bits per heavy atom. The van der Waals surface area contributed by atoms with E-state index in [1.165, 1.54) is 12.1 Å². The van der Waals surface area contributed by atoms with E-state index >= 15 is 0 Å². The normalized spacial score (nSPS) is 11.2. The number of fused-ring (bicyclic) bond motifs is 2. The van der Waals surface area contributed by atoms with Crippen molar-refractivity contribution in [2.24, 2.45) is 0 Å². The van der Waals surface area contributed by atoms with Gasteiger partial charge in [0.15, 0.2) is 5.82 Å². The molecule has 2 aromatic carbocycles. The Morgan fingerprint density at radius 3 is 2.79 bits per heavy atom. The molecule has 0 aliphatic heterocycles. The van der Waals surface area contributed by atoms with Gasteiger partial charge in [0, 0.05) is 34.3 Å². The summed E-state index contributed by atoms with van der Waals surface area (Å²) in [5.74, 6) is 1.08. The predicted molar refractivity (Wildman–Crippen MR) is 109 cm³/mol. The van der Waals surface area contributed by atoms with Crippen molar-refractivity contribution in [1.82, 2.24) is 15.0 Å². The lowest BCUT2D eigenvalue weighted by Crippen LogP contribution is -1.96. The van der Waals surface area contributed by atoms with Gasteiger partial charge in [0.25, 0.3) is 0 Å². The molecule has 0 aliphatic rings. The van der Waals surface area contributed by atoms with Crippen LogP contribution in [0.2, 0.25) is 0 Å². The van der Waals surface area contributed by atoms with Crippen LogP contribution in [0.1, 0.15) is 5.56 Å². The minimum atomic E-state index is -0.278. The van der Waals surface area contributed by atoms with Crippen LogP contribution in [0.4, 0.5) is 4.39 Å². The number of thiophene rings is 1. The summed E-state index contributed by atoms with van der Waals surface area (Å²) in [6.07, 6.45) is 3.58. The smallest absolute Gasteiger partial charge is 0.159 e. The van der Waals surface area contributed by atoms with Crippen molar-refractivity contribution in [2.75, 3.05) is 0 Å².